The van der Waals surface area contributed by atoms with Gasteiger partial charge in [0.25, 0.3) is 5.91 Å². The third-order valence-electron chi connectivity index (χ3n) is 4.90. The molecule has 0 aliphatic heterocycles. The maximum atomic E-state index is 13.5. The summed E-state index contributed by atoms with van der Waals surface area (Å²) in [6.45, 7) is 9.84. The van der Waals surface area contributed by atoms with Crippen LogP contribution in [0.2, 0.25) is 0 Å². The lowest BCUT2D eigenvalue weighted by molar-refractivity contribution is 0.0980. The van der Waals surface area contributed by atoms with Crippen LogP contribution in [-0.2, 0) is 7.05 Å². The van der Waals surface area contributed by atoms with Crippen molar-refractivity contribution in [3.8, 4) is 11.6 Å². The van der Waals surface area contributed by atoms with Gasteiger partial charge in [-0.25, -0.2) is 4.98 Å². The van der Waals surface area contributed by atoms with E-state index < -0.39 is 0 Å². The van der Waals surface area contributed by atoms with Crippen molar-refractivity contribution < 1.29 is 14.3 Å². The van der Waals surface area contributed by atoms with E-state index in [2.05, 4.69) is 23.8 Å². The molecule has 8 nitrogen and oxygen atoms in total. The number of carbonyl (C=O) groups is 1. The summed E-state index contributed by atoms with van der Waals surface area (Å²) in [6.07, 6.45) is 1.69. The van der Waals surface area contributed by atoms with Gasteiger partial charge in [-0.15, -0.1) is 17.5 Å². The maximum absolute atomic E-state index is 13.5. The van der Waals surface area contributed by atoms with E-state index in [4.69, 9.17) is 14.5 Å². The molecule has 1 amide bonds. The van der Waals surface area contributed by atoms with Gasteiger partial charge in [-0.3, -0.25) is 14.4 Å². The fourth-order valence-electron chi connectivity index (χ4n) is 3.28. The zero-order valence-electron chi connectivity index (χ0n) is 18.6. The Morgan fingerprint density at radius 1 is 1.19 bits per heavy atom. The summed E-state index contributed by atoms with van der Waals surface area (Å²) in [6, 6.07) is 5.85. The molecule has 31 heavy (non-hydrogen) atoms. The van der Waals surface area contributed by atoms with Gasteiger partial charge in [-0.05, 0) is 32.1 Å². The van der Waals surface area contributed by atoms with Crippen LogP contribution in [-0.4, -0.2) is 65.5 Å². The summed E-state index contributed by atoms with van der Waals surface area (Å²) < 4.78 is 13.6. The molecule has 0 N–H and O–H groups in total. The number of anilines is 1. The zero-order chi connectivity index (χ0) is 21.7. The highest BCUT2D eigenvalue weighted by atomic mass is 35.5. The number of benzene rings is 1. The Hall–Kier alpha value is -2.36. The van der Waals surface area contributed by atoms with E-state index in [0.29, 0.717) is 29.7 Å². The van der Waals surface area contributed by atoms with E-state index in [-0.39, 0.29) is 18.3 Å². The lowest BCUT2D eigenvalue weighted by Gasteiger charge is -2.24. The Balaban J connectivity index is 0.00000341. The van der Waals surface area contributed by atoms with Crippen molar-refractivity contribution in [2.45, 2.75) is 20.8 Å². The summed E-state index contributed by atoms with van der Waals surface area (Å²) in [5.74, 6) is 0.864. The van der Waals surface area contributed by atoms with Crippen LogP contribution in [0, 0.1) is 0 Å². The SMILES string of the molecule is CCOc1cccc2sc(N(CCN(CC)CC)C(=O)c3cn(C)nc3OC)nc12.Cl. The number of fused-ring (bicyclic) bond motifs is 1. The number of aromatic nitrogens is 3. The maximum Gasteiger partial charge on any atom is 0.267 e. The number of halogens is 1. The predicted molar refractivity (Wildman–Crippen MR) is 127 cm³/mol. The Morgan fingerprint density at radius 3 is 2.58 bits per heavy atom. The molecule has 170 valence electrons. The van der Waals surface area contributed by atoms with Gasteiger partial charge in [0.05, 0.1) is 18.4 Å². The molecule has 2 aromatic heterocycles. The average Bonchev–Trinajstić information content (AvgIpc) is 3.35. The second kappa shape index (κ2) is 11.3. The first-order valence-electron chi connectivity index (χ1n) is 10.2. The average molecular weight is 468 g/mol. The number of thiazole rings is 1. The molecule has 0 saturated heterocycles. The third kappa shape index (κ3) is 5.47. The van der Waals surface area contributed by atoms with Gasteiger partial charge in [0.2, 0.25) is 5.88 Å². The third-order valence-corrected chi connectivity index (χ3v) is 5.94. The molecule has 3 rings (SSSR count). The fourth-order valence-corrected chi connectivity index (χ4v) is 4.28. The van der Waals surface area contributed by atoms with E-state index >= 15 is 0 Å². The van der Waals surface area contributed by atoms with E-state index in [1.165, 1.54) is 18.4 Å². The van der Waals surface area contributed by atoms with Crippen LogP contribution in [0.25, 0.3) is 10.2 Å². The van der Waals surface area contributed by atoms with Crippen molar-refractivity contribution in [3.05, 3.63) is 30.0 Å². The minimum Gasteiger partial charge on any atom is -0.492 e. The van der Waals surface area contributed by atoms with E-state index in [1.54, 1.807) is 22.8 Å². The quantitative estimate of drug-likeness (QED) is 0.451. The van der Waals surface area contributed by atoms with Crippen molar-refractivity contribution in [2.75, 3.05) is 44.8 Å². The van der Waals surface area contributed by atoms with Gasteiger partial charge in [0.1, 0.15) is 16.8 Å². The molecular weight excluding hydrogens is 438 g/mol. The Morgan fingerprint density at radius 2 is 1.94 bits per heavy atom. The number of rotatable bonds is 10. The number of carbonyl (C=O) groups excluding carboxylic acids is 1. The zero-order valence-corrected chi connectivity index (χ0v) is 20.3. The number of methoxy groups -OCH3 is 1. The minimum absolute atomic E-state index is 0. The first-order chi connectivity index (χ1) is 14.5. The molecule has 0 aliphatic carbocycles. The van der Waals surface area contributed by atoms with Gasteiger partial charge in [-0.1, -0.05) is 31.3 Å². The number of nitrogens with zero attached hydrogens (tertiary/aromatic N) is 5. The molecule has 0 saturated carbocycles. The number of para-hydroxylation sites is 1. The normalized spacial score (nSPS) is 10.9. The van der Waals surface area contributed by atoms with Crippen LogP contribution in [0.4, 0.5) is 5.13 Å². The fraction of sp³-hybridized carbons (Fsp3) is 0.476. The summed E-state index contributed by atoms with van der Waals surface area (Å²) in [5, 5.41) is 4.87. The number of likely N-dealkylation sites (N-methyl/N-ethyl adjacent to an activating group) is 1. The smallest absolute Gasteiger partial charge is 0.267 e. The van der Waals surface area contributed by atoms with Crippen molar-refractivity contribution in [1.82, 2.24) is 19.7 Å². The molecule has 3 aromatic rings. The lowest BCUT2D eigenvalue weighted by atomic mass is 10.3. The summed E-state index contributed by atoms with van der Waals surface area (Å²) in [7, 11) is 3.29. The first-order valence-corrected chi connectivity index (χ1v) is 11.0. The predicted octanol–water partition coefficient (Wildman–Crippen LogP) is 3.85. The van der Waals surface area contributed by atoms with Crippen molar-refractivity contribution in [2.24, 2.45) is 7.05 Å². The Kier molecular flexibility index (Phi) is 9.09. The van der Waals surface area contributed by atoms with Gasteiger partial charge < -0.3 is 14.4 Å². The van der Waals surface area contributed by atoms with E-state index in [0.717, 1.165) is 35.6 Å². The van der Waals surface area contributed by atoms with Crippen molar-refractivity contribution >= 4 is 45.0 Å². The van der Waals surface area contributed by atoms with Crippen LogP contribution < -0.4 is 14.4 Å². The molecule has 0 fully saturated rings. The molecule has 10 heteroatoms. The van der Waals surface area contributed by atoms with Crippen LogP contribution in [0.3, 0.4) is 0 Å². The first kappa shape index (κ1) is 24.9. The van der Waals surface area contributed by atoms with Gasteiger partial charge >= 0.3 is 0 Å². The molecule has 0 radical (unpaired) electrons. The van der Waals surface area contributed by atoms with Crippen LogP contribution in [0.5, 0.6) is 11.6 Å². The van der Waals surface area contributed by atoms with Crippen LogP contribution in [0.15, 0.2) is 24.4 Å². The number of ether oxygens (including phenoxy) is 2. The standard InChI is InChI=1S/C21H29N5O3S.ClH/c1-6-25(7-2)12-13-26(20(27)15-14-24(4)23-19(15)28-5)21-22-18-16(29-8-3)10-9-11-17(18)30-21;/h9-11,14H,6-8,12-13H2,1-5H3;1H. The lowest BCUT2D eigenvalue weighted by Crippen LogP contribution is -2.38. The highest BCUT2D eigenvalue weighted by Crippen LogP contribution is 2.35. The second-order valence-electron chi connectivity index (χ2n) is 6.74. The topological polar surface area (TPSA) is 72.7 Å². The molecule has 0 aliphatic rings. The van der Waals surface area contributed by atoms with Crippen molar-refractivity contribution in [3.63, 3.8) is 0 Å². The monoisotopic (exact) mass is 467 g/mol. The molecule has 1 aromatic carbocycles. The van der Waals surface area contributed by atoms with Crippen molar-refractivity contribution in [1.29, 1.82) is 0 Å². The van der Waals surface area contributed by atoms with Crippen LogP contribution in [0.1, 0.15) is 31.1 Å². The molecule has 0 atom stereocenters. The largest absolute Gasteiger partial charge is 0.492 e. The summed E-state index contributed by atoms with van der Waals surface area (Å²) in [5.41, 5.74) is 1.20. The molecule has 0 bridgehead atoms. The highest BCUT2D eigenvalue weighted by Gasteiger charge is 2.27. The van der Waals surface area contributed by atoms with Gasteiger partial charge in [0, 0.05) is 26.3 Å². The molecule has 2 heterocycles. The highest BCUT2D eigenvalue weighted by molar-refractivity contribution is 7.22. The Bertz CT molecular complexity index is 1000. The number of aryl methyl sites for hydroxylation is 1. The molecular formula is C21H30ClN5O3S. The number of hydrogen-bond acceptors (Lipinski definition) is 7. The number of amides is 1. The van der Waals surface area contributed by atoms with Crippen LogP contribution >= 0.6 is 23.7 Å². The summed E-state index contributed by atoms with van der Waals surface area (Å²) in [4.78, 5) is 22.3. The minimum atomic E-state index is -0.177. The van der Waals surface area contributed by atoms with E-state index in [9.17, 15) is 4.79 Å². The molecule has 0 spiro atoms. The summed E-state index contributed by atoms with van der Waals surface area (Å²) >= 11 is 1.48. The van der Waals surface area contributed by atoms with Gasteiger partial charge in [-0.2, -0.15) is 0 Å². The van der Waals surface area contributed by atoms with E-state index in [1.807, 2.05) is 25.1 Å². The van der Waals surface area contributed by atoms with Gasteiger partial charge in [0.15, 0.2) is 5.13 Å². The number of hydrogen-bond donors (Lipinski definition) is 0. The molecule has 0 unspecified atom stereocenters. The second-order valence-corrected chi connectivity index (χ2v) is 7.75. The Labute approximate surface area is 193 Å².